The van der Waals surface area contributed by atoms with Crippen molar-refractivity contribution in [3.05, 3.63) is 66.6 Å². The molecule has 3 aromatic rings. The van der Waals surface area contributed by atoms with Crippen LogP contribution in [0.15, 0.2) is 61.1 Å². The van der Waals surface area contributed by atoms with Crippen LogP contribution in [0.5, 0.6) is 0 Å². The SMILES string of the molecule is CC(C)C(=O)NCCNCc1cn(-c2ccccc2)nc1-c1ccncc1. The van der Waals surface area contributed by atoms with E-state index in [4.69, 9.17) is 5.10 Å². The summed E-state index contributed by atoms with van der Waals surface area (Å²) < 4.78 is 1.90. The van der Waals surface area contributed by atoms with Crippen LogP contribution in [0.1, 0.15) is 19.4 Å². The first kappa shape index (κ1) is 18.8. The van der Waals surface area contributed by atoms with Gasteiger partial charge in [-0.3, -0.25) is 9.78 Å². The summed E-state index contributed by atoms with van der Waals surface area (Å²) in [5.41, 5.74) is 4.08. The molecule has 0 aliphatic heterocycles. The Kier molecular flexibility index (Phi) is 6.33. The molecule has 2 heterocycles. The summed E-state index contributed by atoms with van der Waals surface area (Å²) in [6, 6.07) is 14.0. The maximum absolute atomic E-state index is 11.6. The molecule has 0 saturated heterocycles. The summed E-state index contributed by atoms with van der Waals surface area (Å²) in [6.45, 7) is 5.75. The monoisotopic (exact) mass is 363 g/mol. The molecule has 3 rings (SSSR count). The quantitative estimate of drug-likeness (QED) is 0.604. The normalized spacial score (nSPS) is 10.9. The topological polar surface area (TPSA) is 71.8 Å². The molecule has 0 atom stereocenters. The van der Waals surface area contributed by atoms with Crippen molar-refractivity contribution in [1.29, 1.82) is 0 Å². The number of nitrogens with one attached hydrogen (secondary N) is 2. The van der Waals surface area contributed by atoms with E-state index in [1.54, 1.807) is 12.4 Å². The number of amides is 1. The Labute approximate surface area is 159 Å². The van der Waals surface area contributed by atoms with Gasteiger partial charge in [-0.05, 0) is 24.3 Å². The van der Waals surface area contributed by atoms with Gasteiger partial charge in [0.25, 0.3) is 0 Å². The Morgan fingerprint density at radius 3 is 2.52 bits per heavy atom. The fourth-order valence-electron chi connectivity index (χ4n) is 2.71. The second-order valence-corrected chi connectivity index (χ2v) is 6.64. The average Bonchev–Trinajstić information content (AvgIpc) is 3.13. The molecule has 0 spiro atoms. The van der Waals surface area contributed by atoms with Gasteiger partial charge in [0.2, 0.25) is 5.91 Å². The minimum atomic E-state index is 0.00685. The number of hydrogen-bond acceptors (Lipinski definition) is 4. The lowest BCUT2D eigenvalue weighted by molar-refractivity contribution is -0.123. The van der Waals surface area contributed by atoms with E-state index in [0.29, 0.717) is 19.6 Å². The van der Waals surface area contributed by atoms with E-state index >= 15 is 0 Å². The molecule has 0 bridgehead atoms. The number of pyridine rings is 1. The van der Waals surface area contributed by atoms with Crippen molar-refractivity contribution in [2.75, 3.05) is 13.1 Å². The first-order valence-electron chi connectivity index (χ1n) is 9.18. The van der Waals surface area contributed by atoms with Crippen LogP contribution >= 0.6 is 0 Å². The third kappa shape index (κ3) is 5.01. The molecule has 140 valence electrons. The molecule has 0 saturated carbocycles. The molecule has 0 aliphatic rings. The predicted octanol–water partition coefficient (Wildman–Crippen LogP) is 2.80. The van der Waals surface area contributed by atoms with Gasteiger partial charge in [0, 0.05) is 55.3 Å². The summed E-state index contributed by atoms with van der Waals surface area (Å²) in [6.07, 6.45) is 5.59. The molecule has 1 amide bonds. The highest BCUT2D eigenvalue weighted by Crippen LogP contribution is 2.23. The van der Waals surface area contributed by atoms with Crippen LogP contribution in [0.3, 0.4) is 0 Å². The molecular formula is C21H25N5O. The number of hydrogen-bond donors (Lipinski definition) is 2. The minimum absolute atomic E-state index is 0.00685. The fraction of sp³-hybridized carbons (Fsp3) is 0.286. The first-order chi connectivity index (χ1) is 13.1. The summed E-state index contributed by atoms with van der Waals surface area (Å²) in [5, 5.41) is 11.1. The van der Waals surface area contributed by atoms with Crippen molar-refractivity contribution >= 4 is 5.91 Å². The molecule has 0 unspecified atom stereocenters. The predicted molar refractivity (Wildman–Crippen MR) is 106 cm³/mol. The highest BCUT2D eigenvalue weighted by Gasteiger charge is 2.12. The van der Waals surface area contributed by atoms with Crippen LogP contribution < -0.4 is 10.6 Å². The first-order valence-corrected chi connectivity index (χ1v) is 9.18. The Morgan fingerprint density at radius 1 is 1.07 bits per heavy atom. The molecule has 0 aliphatic carbocycles. The van der Waals surface area contributed by atoms with Crippen molar-refractivity contribution in [3.8, 4) is 16.9 Å². The number of carbonyl (C=O) groups excluding carboxylic acids is 1. The number of nitrogens with zero attached hydrogens (tertiary/aromatic N) is 3. The molecular weight excluding hydrogens is 338 g/mol. The summed E-state index contributed by atoms with van der Waals surface area (Å²) in [4.78, 5) is 15.7. The van der Waals surface area contributed by atoms with Crippen LogP contribution in [0, 0.1) is 5.92 Å². The number of benzene rings is 1. The lowest BCUT2D eigenvalue weighted by Gasteiger charge is -2.08. The van der Waals surface area contributed by atoms with E-state index in [9.17, 15) is 4.79 Å². The molecule has 0 fully saturated rings. The van der Waals surface area contributed by atoms with E-state index < -0.39 is 0 Å². The zero-order valence-corrected chi connectivity index (χ0v) is 15.7. The van der Waals surface area contributed by atoms with Gasteiger partial charge in [0.1, 0.15) is 0 Å². The van der Waals surface area contributed by atoms with Gasteiger partial charge in [-0.25, -0.2) is 4.68 Å². The van der Waals surface area contributed by atoms with Crippen molar-refractivity contribution in [2.24, 2.45) is 5.92 Å². The molecule has 6 nitrogen and oxygen atoms in total. The van der Waals surface area contributed by atoms with Crippen LogP contribution in [-0.4, -0.2) is 33.8 Å². The van der Waals surface area contributed by atoms with Crippen molar-refractivity contribution in [2.45, 2.75) is 20.4 Å². The Hall–Kier alpha value is -2.99. The van der Waals surface area contributed by atoms with Gasteiger partial charge in [-0.1, -0.05) is 32.0 Å². The van der Waals surface area contributed by atoms with Crippen molar-refractivity contribution < 1.29 is 4.79 Å². The van der Waals surface area contributed by atoms with Gasteiger partial charge in [-0.2, -0.15) is 5.10 Å². The molecule has 6 heteroatoms. The van der Waals surface area contributed by atoms with Crippen LogP contribution in [0.25, 0.3) is 16.9 Å². The van der Waals surface area contributed by atoms with Crippen molar-refractivity contribution in [1.82, 2.24) is 25.4 Å². The van der Waals surface area contributed by atoms with E-state index in [1.165, 1.54) is 0 Å². The van der Waals surface area contributed by atoms with E-state index in [-0.39, 0.29) is 11.8 Å². The van der Waals surface area contributed by atoms with Gasteiger partial charge in [-0.15, -0.1) is 0 Å². The van der Waals surface area contributed by atoms with E-state index in [0.717, 1.165) is 22.5 Å². The molecule has 27 heavy (non-hydrogen) atoms. The van der Waals surface area contributed by atoms with E-state index in [1.807, 2.05) is 67.2 Å². The summed E-state index contributed by atoms with van der Waals surface area (Å²) in [7, 11) is 0. The van der Waals surface area contributed by atoms with Crippen LogP contribution in [-0.2, 0) is 11.3 Å². The number of aromatic nitrogens is 3. The summed E-state index contributed by atoms with van der Waals surface area (Å²) >= 11 is 0. The molecule has 0 radical (unpaired) electrons. The second-order valence-electron chi connectivity index (χ2n) is 6.64. The highest BCUT2D eigenvalue weighted by molar-refractivity contribution is 5.77. The maximum Gasteiger partial charge on any atom is 0.222 e. The van der Waals surface area contributed by atoms with Crippen molar-refractivity contribution in [3.63, 3.8) is 0 Å². The zero-order valence-electron chi connectivity index (χ0n) is 15.7. The molecule has 1 aromatic carbocycles. The number of para-hydroxylation sites is 1. The molecule has 2 N–H and O–H groups in total. The lowest BCUT2D eigenvalue weighted by atomic mass is 10.1. The minimum Gasteiger partial charge on any atom is -0.355 e. The van der Waals surface area contributed by atoms with Gasteiger partial charge in [0.05, 0.1) is 11.4 Å². The van der Waals surface area contributed by atoms with Gasteiger partial charge >= 0.3 is 0 Å². The molecule has 2 aromatic heterocycles. The lowest BCUT2D eigenvalue weighted by Crippen LogP contribution is -2.34. The number of carbonyl (C=O) groups is 1. The van der Waals surface area contributed by atoms with Gasteiger partial charge < -0.3 is 10.6 Å². The smallest absolute Gasteiger partial charge is 0.222 e. The number of rotatable bonds is 8. The highest BCUT2D eigenvalue weighted by atomic mass is 16.1. The summed E-state index contributed by atoms with van der Waals surface area (Å²) in [5.74, 6) is 0.0820. The standard InChI is InChI=1S/C21H25N5O/c1-16(2)21(27)24-13-12-23-14-18-15-26(19-6-4-3-5-7-19)25-20(18)17-8-10-22-11-9-17/h3-11,15-16,23H,12-14H2,1-2H3,(H,24,27). The maximum atomic E-state index is 11.6. The van der Waals surface area contributed by atoms with E-state index in [2.05, 4.69) is 15.6 Å². The van der Waals surface area contributed by atoms with Crippen LogP contribution in [0.2, 0.25) is 0 Å². The Balaban J connectivity index is 1.71. The Morgan fingerprint density at radius 2 is 1.81 bits per heavy atom. The fourth-order valence-corrected chi connectivity index (χ4v) is 2.71. The Bertz CT molecular complexity index is 859. The van der Waals surface area contributed by atoms with Gasteiger partial charge in [0.15, 0.2) is 0 Å². The third-order valence-electron chi connectivity index (χ3n) is 4.21. The second kappa shape index (κ2) is 9.09. The third-order valence-corrected chi connectivity index (χ3v) is 4.21. The zero-order chi connectivity index (χ0) is 19.1. The largest absolute Gasteiger partial charge is 0.355 e. The van der Waals surface area contributed by atoms with Crippen LogP contribution in [0.4, 0.5) is 0 Å². The average molecular weight is 363 g/mol.